The lowest BCUT2D eigenvalue weighted by molar-refractivity contribution is -0.117. The van der Waals surface area contributed by atoms with Crippen LogP contribution in [0.4, 0.5) is 27.8 Å². The lowest BCUT2D eigenvalue weighted by Gasteiger charge is -2.24. The maximum absolute atomic E-state index is 13.4. The molecule has 2 atom stereocenters. The molecule has 192 valence electrons. The summed E-state index contributed by atoms with van der Waals surface area (Å²) in [7, 11) is 0. The number of nitrogens with one attached hydrogen (secondary N) is 3. The average molecular weight is 515 g/mol. The zero-order valence-electron chi connectivity index (χ0n) is 20.1. The summed E-state index contributed by atoms with van der Waals surface area (Å²) in [5.74, 6) is 1.19. The highest BCUT2D eigenvalue weighted by molar-refractivity contribution is 5.97. The van der Waals surface area contributed by atoms with Crippen molar-refractivity contribution in [3.63, 3.8) is 0 Å². The molecule has 3 N–H and O–H groups in total. The van der Waals surface area contributed by atoms with Gasteiger partial charge >= 0.3 is 0 Å². The van der Waals surface area contributed by atoms with Crippen molar-refractivity contribution >= 4 is 35.0 Å². The first-order valence-electron chi connectivity index (χ1n) is 12.3. The van der Waals surface area contributed by atoms with Gasteiger partial charge in [0.1, 0.15) is 11.7 Å². The lowest BCUT2D eigenvalue weighted by Crippen LogP contribution is -2.40. The van der Waals surface area contributed by atoms with Gasteiger partial charge in [-0.15, -0.1) is 0 Å². The van der Waals surface area contributed by atoms with E-state index in [1.807, 2.05) is 33.7 Å². The second-order valence-corrected chi connectivity index (χ2v) is 9.46. The monoisotopic (exact) mass is 514 g/mol. The Morgan fingerprint density at radius 1 is 1.13 bits per heavy atom. The quantitative estimate of drug-likeness (QED) is 0.279. The minimum atomic E-state index is -0.631. The zero-order chi connectivity index (χ0) is 25.6. The van der Waals surface area contributed by atoms with Crippen LogP contribution >= 0.6 is 0 Å². The maximum atomic E-state index is 13.4. The lowest BCUT2D eigenvalue weighted by atomic mass is 10.1. The van der Waals surface area contributed by atoms with Gasteiger partial charge in [-0.1, -0.05) is 0 Å². The van der Waals surface area contributed by atoms with Crippen LogP contribution in [0.5, 0.6) is 0 Å². The number of H-pyrrole nitrogens is 1. The summed E-state index contributed by atoms with van der Waals surface area (Å²) >= 11 is 0. The normalized spacial score (nSPS) is 19.2. The van der Waals surface area contributed by atoms with E-state index in [2.05, 4.69) is 36.0 Å². The van der Waals surface area contributed by atoms with Gasteiger partial charge in [-0.25, -0.2) is 4.98 Å². The molecule has 0 bridgehead atoms. The van der Waals surface area contributed by atoms with Crippen LogP contribution in [0.3, 0.4) is 0 Å². The van der Waals surface area contributed by atoms with E-state index in [0.29, 0.717) is 47.9 Å². The molecular formula is C24H23FN12O. The number of aromatic nitrogens is 9. The molecule has 13 nitrogen and oxygen atoms in total. The Bertz CT molecular complexity index is 1590. The summed E-state index contributed by atoms with van der Waals surface area (Å²) in [6, 6.07) is 7.61. The second kappa shape index (κ2) is 8.90. The summed E-state index contributed by atoms with van der Waals surface area (Å²) < 4.78 is 15.1. The van der Waals surface area contributed by atoms with Crippen molar-refractivity contribution in [2.45, 2.75) is 37.3 Å². The van der Waals surface area contributed by atoms with Crippen molar-refractivity contribution < 1.29 is 9.18 Å². The number of pyridine rings is 1. The van der Waals surface area contributed by atoms with E-state index in [1.54, 1.807) is 17.2 Å². The molecule has 2 fully saturated rings. The predicted octanol–water partition coefficient (Wildman–Crippen LogP) is 2.66. The first-order valence-corrected chi connectivity index (χ1v) is 12.3. The van der Waals surface area contributed by atoms with Gasteiger partial charge in [-0.2, -0.15) is 34.5 Å². The topological polar surface area (TPSA) is 147 Å². The molecule has 0 radical (unpaired) electrons. The van der Waals surface area contributed by atoms with Crippen molar-refractivity contribution in [3.05, 3.63) is 66.8 Å². The molecule has 2 aliphatic rings. The minimum Gasteiger partial charge on any atom is -0.326 e. The molecule has 0 spiro atoms. The highest BCUT2D eigenvalue weighted by atomic mass is 19.1. The van der Waals surface area contributed by atoms with E-state index in [4.69, 9.17) is 9.97 Å². The molecule has 1 saturated heterocycles. The molecule has 5 aromatic heterocycles. The average Bonchev–Trinajstić information content (AvgIpc) is 3.39. The van der Waals surface area contributed by atoms with Crippen LogP contribution in [0.2, 0.25) is 0 Å². The fraction of sp³-hybridized carbons (Fsp3) is 0.292. The molecule has 1 amide bonds. The number of fused-ring (bicyclic) bond motifs is 1. The van der Waals surface area contributed by atoms with Crippen LogP contribution in [0, 0.1) is 5.95 Å². The SMILES string of the molecule is O=C(Nc1ccc(F)nc1)[C@@H]1C[C@H](n2nccn2)CN1c1nc(Nc2cc(C3CC3)[nH]n2)n2cccc2n1. The number of halogens is 1. The van der Waals surface area contributed by atoms with Gasteiger partial charge in [-0.05, 0) is 37.1 Å². The van der Waals surface area contributed by atoms with Crippen molar-refractivity contribution in [1.29, 1.82) is 0 Å². The number of carbonyl (C=O) groups excluding carboxylic acids is 1. The molecule has 7 rings (SSSR count). The van der Waals surface area contributed by atoms with E-state index in [1.165, 1.54) is 31.2 Å². The zero-order valence-corrected chi connectivity index (χ0v) is 20.1. The Labute approximate surface area is 215 Å². The van der Waals surface area contributed by atoms with Gasteiger partial charge in [0.05, 0.1) is 30.3 Å². The third-order valence-electron chi connectivity index (χ3n) is 6.83. The Morgan fingerprint density at radius 3 is 2.79 bits per heavy atom. The first kappa shape index (κ1) is 22.3. The van der Waals surface area contributed by atoms with Gasteiger partial charge < -0.3 is 15.5 Å². The van der Waals surface area contributed by atoms with Crippen molar-refractivity contribution in [1.82, 2.24) is 44.5 Å². The van der Waals surface area contributed by atoms with Gasteiger partial charge in [0.2, 0.25) is 23.8 Å². The first-order chi connectivity index (χ1) is 18.6. The van der Waals surface area contributed by atoms with E-state index < -0.39 is 12.0 Å². The Morgan fingerprint density at radius 2 is 2.00 bits per heavy atom. The third kappa shape index (κ3) is 4.19. The van der Waals surface area contributed by atoms with E-state index >= 15 is 0 Å². The van der Waals surface area contributed by atoms with E-state index in [9.17, 15) is 9.18 Å². The van der Waals surface area contributed by atoms with Gasteiger partial charge in [-0.3, -0.25) is 14.3 Å². The summed E-state index contributed by atoms with van der Waals surface area (Å²) in [5.41, 5.74) is 2.16. The third-order valence-corrected chi connectivity index (χ3v) is 6.83. The largest absolute Gasteiger partial charge is 0.326 e. The van der Waals surface area contributed by atoms with Crippen molar-refractivity contribution in [3.8, 4) is 0 Å². The number of hydrogen-bond donors (Lipinski definition) is 3. The standard InChI is InChI=1S/C24H23FN12O/c25-19-6-5-15(12-26-19)29-22(38)18-10-16(37-27-7-8-28-37)13-36(18)24-31-21-2-1-9-35(21)23(32-24)30-20-11-17(33-34-20)14-3-4-14/h1-2,5-9,11-12,14,16,18H,3-4,10,13H2,(H,29,38)(H2,30,31,32,33,34)/t16-,18-/m0/s1. The summed E-state index contributed by atoms with van der Waals surface area (Å²) in [5, 5.41) is 22.2. The smallest absolute Gasteiger partial charge is 0.247 e. The number of rotatable bonds is 7. The number of aromatic amines is 1. The van der Waals surface area contributed by atoms with E-state index in [0.717, 1.165) is 5.69 Å². The van der Waals surface area contributed by atoms with Crippen molar-refractivity contribution in [2.24, 2.45) is 0 Å². The summed E-state index contributed by atoms with van der Waals surface area (Å²) in [6.07, 6.45) is 9.11. The number of hydrogen-bond acceptors (Lipinski definition) is 9. The minimum absolute atomic E-state index is 0.178. The fourth-order valence-corrected chi connectivity index (χ4v) is 4.79. The highest BCUT2D eigenvalue weighted by Crippen LogP contribution is 2.39. The van der Waals surface area contributed by atoms with Crippen LogP contribution in [0.25, 0.3) is 5.65 Å². The van der Waals surface area contributed by atoms with Gasteiger partial charge in [0.25, 0.3) is 0 Å². The van der Waals surface area contributed by atoms with Gasteiger partial charge in [0.15, 0.2) is 5.82 Å². The van der Waals surface area contributed by atoms with Gasteiger partial charge in [0, 0.05) is 36.8 Å². The number of anilines is 4. The predicted molar refractivity (Wildman–Crippen MR) is 134 cm³/mol. The Hall–Kier alpha value is -4.88. The number of nitrogens with zero attached hydrogens (tertiary/aromatic N) is 9. The molecule has 1 aliphatic heterocycles. The molecule has 0 aromatic carbocycles. The Balaban J connectivity index is 1.22. The number of carbonyl (C=O) groups is 1. The molecule has 38 heavy (non-hydrogen) atoms. The van der Waals surface area contributed by atoms with Crippen LogP contribution in [0.1, 0.15) is 36.9 Å². The summed E-state index contributed by atoms with van der Waals surface area (Å²) in [4.78, 5) is 30.1. The molecule has 6 heterocycles. The molecule has 1 saturated carbocycles. The van der Waals surface area contributed by atoms with Crippen LogP contribution < -0.4 is 15.5 Å². The summed E-state index contributed by atoms with van der Waals surface area (Å²) in [6.45, 7) is 0.416. The van der Waals surface area contributed by atoms with Crippen LogP contribution in [0.15, 0.2) is 55.1 Å². The molecule has 1 aliphatic carbocycles. The number of amides is 1. The maximum Gasteiger partial charge on any atom is 0.247 e. The van der Waals surface area contributed by atoms with Crippen molar-refractivity contribution in [2.75, 3.05) is 22.1 Å². The fourth-order valence-electron chi connectivity index (χ4n) is 4.79. The van der Waals surface area contributed by atoms with E-state index in [-0.39, 0.29) is 11.9 Å². The molecular weight excluding hydrogens is 491 g/mol. The molecule has 5 aromatic rings. The second-order valence-electron chi connectivity index (χ2n) is 9.46. The molecule has 0 unspecified atom stereocenters. The molecule has 14 heteroatoms. The van der Waals surface area contributed by atoms with Crippen LogP contribution in [-0.4, -0.2) is 63.0 Å². The van der Waals surface area contributed by atoms with Crippen LogP contribution in [-0.2, 0) is 4.79 Å². The Kier molecular flexibility index (Phi) is 5.23. The highest BCUT2D eigenvalue weighted by Gasteiger charge is 2.40.